The molecule has 2 aromatic rings. The van der Waals surface area contributed by atoms with Crippen LogP contribution in [0.3, 0.4) is 0 Å². The Morgan fingerprint density at radius 2 is 1.96 bits per heavy atom. The Balaban J connectivity index is 1.62. The van der Waals surface area contributed by atoms with Crippen molar-refractivity contribution in [2.45, 2.75) is 57.7 Å². The molecule has 0 atom stereocenters. The third-order valence-corrected chi connectivity index (χ3v) is 6.38. The summed E-state index contributed by atoms with van der Waals surface area (Å²) < 4.78 is 2.10. The van der Waals surface area contributed by atoms with E-state index in [0.717, 1.165) is 29.6 Å². The highest BCUT2D eigenvalue weighted by molar-refractivity contribution is 7.99. The van der Waals surface area contributed by atoms with Gasteiger partial charge in [-0.1, -0.05) is 55.3 Å². The molecule has 1 amide bonds. The van der Waals surface area contributed by atoms with Gasteiger partial charge in [0.15, 0.2) is 11.0 Å². The lowest BCUT2D eigenvalue weighted by atomic mass is 9.89. The van der Waals surface area contributed by atoms with Crippen molar-refractivity contribution in [1.82, 2.24) is 19.7 Å². The van der Waals surface area contributed by atoms with Gasteiger partial charge in [0.05, 0.1) is 5.75 Å². The van der Waals surface area contributed by atoms with Crippen LogP contribution in [0, 0.1) is 12.8 Å². The summed E-state index contributed by atoms with van der Waals surface area (Å²) in [5.41, 5.74) is 2.28. The Labute approximate surface area is 166 Å². The molecule has 0 aliphatic heterocycles. The predicted molar refractivity (Wildman–Crippen MR) is 111 cm³/mol. The Kier molecular flexibility index (Phi) is 6.94. The van der Waals surface area contributed by atoms with Gasteiger partial charge in [0.25, 0.3) is 0 Å². The minimum Gasteiger partial charge on any atom is -0.345 e. The first kappa shape index (κ1) is 19.9. The highest BCUT2D eigenvalue weighted by Crippen LogP contribution is 2.27. The van der Waals surface area contributed by atoms with E-state index in [4.69, 9.17) is 0 Å². The number of aryl methyl sites for hydroxylation is 1. The van der Waals surface area contributed by atoms with E-state index in [-0.39, 0.29) is 5.91 Å². The Bertz CT molecular complexity index is 767. The lowest BCUT2D eigenvalue weighted by Crippen LogP contribution is -2.33. The van der Waals surface area contributed by atoms with Crippen LogP contribution >= 0.6 is 11.8 Å². The molecule has 1 aromatic heterocycles. The zero-order valence-electron chi connectivity index (χ0n) is 16.6. The van der Waals surface area contributed by atoms with E-state index in [1.807, 2.05) is 24.1 Å². The quantitative estimate of drug-likeness (QED) is 0.662. The molecular formula is C21H30N4OS. The molecule has 1 aliphatic carbocycles. The molecule has 1 aliphatic rings. The smallest absolute Gasteiger partial charge is 0.232 e. The van der Waals surface area contributed by atoms with Crippen molar-refractivity contribution in [3.63, 3.8) is 0 Å². The van der Waals surface area contributed by atoms with Gasteiger partial charge in [0.2, 0.25) is 5.91 Å². The molecule has 0 bridgehead atoms. The van der Waals surface area contributed by atoms with Crippen LogP contribution in [-0.2, 0) is 11.3 Å². The summed E-state index contributed by atoms with van der Waals surface area (Å²) in [6.07, 6.45) is 6.48. The summed E-state index contributed by atoms with van der Waals surface area (Å²) in [5, 5.41) is 9.57. The summed E-state index contributed by atoms with van der Waals surface area (Å²) in [4.78, 5) is 14.5. The largest absolute Gasteiger partial charge is 0.345 e. The minimum absolute atomic E-state index is 0.175. The first-order chi connectivity index (χ1) is 13.1. The average molecular weight is 387 g/mol. The van der Waals surface area contributed by atoms with Gasteiger partial charge >= 0.3 is 0 Å². The van der Waals surface area contributed by atoms with Gasteiger partial charge in [-0.25, -0.2) is 0 Å². The fraction of sp³-hybridized carbons (Fsp3) is 0.571. The van der Waals surface area contributed by atoms with Crippen molar-refractivity contribution < 1.29 is 4.79 Å². The second-order valence-corrected chi connectivity index (χ2v) is 8.37. The van der Waals surface area contributed by atoms with E-state index in [0.29, 0.717) is 11.7 Å². The number of aromatic nitrogens is 3. The number of carbonyl (C=O) groups is 1. The zero-order chi connectivity index (χ0) is 19.2. The van der Waals surface area contributed by atoms with Gasteiger partial charge in [-0.2, -0.15) is 0 Å². The van der Waals surface area contributed by atoms with E-state index in [2.05, 4.69) is 40.7 Å². The van der Waals surface area contributed by atoms with E-state index in [1.165, 1.54) is 49.4 Å². The second kappa shape index (κ2) is 9.40. The summed E-state index contributed by atoms with van der Waals surface area (Å²) in [7, 11) is 1.93. The molecule has 5 nitrogen and oxygen atoms in total. The normalized spacial score (nSPS) is 15.1. The van der Waals surface area contributed by atoms with Crippen molar-refractivity contribution in [2.75, 3.05) is 19.3 Å². The van der Waals surface area contributed by atoms with Crippen LogP contribution < -0.4 is 0 Å². The maximum Gasteiger partial charge on any atom is 0.232 e. The number of rotatable bonds is 7. The van der Waals surface area contributed by atoms with Crippen LogP contribution in [0.25, 0.3) is 11.4 Å². The van der Waals surface area contributed by atoms with E-state index >= 15 is 0 Å². The van der Waals surface area contributed by atoms with Crippen LogP contribution in [0.4, 0.5) is 0 Å². The summed E-state index contributed by atoms with van der Waals surface area (Å²) in [5.74, 6) is 2.13. The molecule has 0 N–H and O–H groups in total. The Morgan fingerprint density at radius 3 is 2.67 bits per heavy atom. The predicted octanol–water partition coefficient (Wildman–Crippen LogP) is 4.40. The van der Waals surface area contributed by atoms with E-state index in [1.54, 1.807) is 0 Å². The van der Waals surface area contributed by atoms with Crippen LogP contribution in [-0.4, -0.2) is 44.9 Å². The second-order valence-electron chi connectivity index (χ2n) is 7.43. The summed E-state index contributed by atoms with van der Waals surface area (Å²) >= 11 is 1.49. The Morgan fingerprint density at radius 1 is 1.22 bits per heavy atom. The number of amides is 1. The maximum atomic E-state index is 12.6. The van der Waals surface area contributed by atoms with Crippen LogP contribution in [0.1, 0.15) is 44.6 Å². The third-order valence-electron chi connectivity index (χ3n) is 5.43. The fourth-order valence-electron chi connectivity index (χ4n) is 3.80. The monoisotopic (exact) mass is 386 g/mol. The topological polar surface area (TPSA) is 51.0 Å². The first-order valence-corrected chi connectivity index (χ1v) is 10.9. The van der Waals surface area contributed by atoms with Crippen molar-refractivity contribution in [3.05, 3.63) is 29.8 Å². The van der Waals surface area contributed by atoms with Crippen molar-refractivity contribution >= 4 is 17.7 Å². The molecule has 1 aromatic carbocycles. The molecule has 3 rings (SSSR count). The fourth-order valence-corrected chi connectivity index (χ4v) is 4.74. The highest BCUT2D eigenvalue weighted by atomic mass is 32.2. The number of benzene rings is 1. The molecule has 1 fully saturated rings. The van der Waals surface area contributed by atoms with Crippen LogP contribution in [0.5, 0.6) is 0 Å². The van der Waals surface area contributed by atoms with Gasteiger partial charge in [-0.3, -0.25) is 4.79 Å². The Hall–Kier alpha value is -1.82. The molecule has 1 saturated carbocycles. The van der Waals surface area contributed by atoms with Crippen LogP contribution in [0.2, 0.25) is 0 Å². The molecule has 27 heavy (non-hydrogen) atoms. The van der Waals surface area contributed by atoms with Crippen LogP contribution in [0.15, 0.2) is 29.4 Å². The van der Waals surface area contributed by atoms with Gasteiger partial charge in [-0.15, -0.1) is 10.2 Å². The molecule has 0 saturated heterocycles. The van der Waals surface area contributed by atoms with Crippen molar-refractivity contribution in [2.24, 2.45) is 5.92 Å². The van der Waals surface area contributed by atoms with E-state index in [9.17, 15) is 4.79 Å². The van der Waals surface area contributed by atoms with Gasteiger partial charge < -0.3 is 9.47 Å². The number of carbonyl (C=O) groups excluding carboxylic acids is 1. The van der Waals surface area contributed by atoms with Crippen molar-refractivity contribution in [3.8, 4) is 11.4 Å². The first-order valence-electron chi connectivity index (χ1n) is 9.96. The van der Waals surface area contributed by atoms with Crippen molar-refractivity contribution in [1.29, 1.82) is 0 Å². The maximum absolute atomic E-state index is 12.6. The standard InChI is InChI=1S/C21H30N4OS/c1-4-25-20(18-13-9-8-10-16(18)2)22-23-21(25)27-15-19(26)24(3)14-17-11-6-5-7-12-17/h8-10,13,17H,4-7,11-12,14-15H2,1-3H3. The SMILES string of the molecule is CCn1c(SCC(=O)N(C)CC2CCCCC2)nnc1-c1ccccc1C. The van der Waals surface area contributed by atoms with Gasteiger partial charge in [0.1, 0.15) is 0 Å². The number of thioether (sulfide) groups is 1. The average Bonchev–Trinajstić information content (AvgIpc) is 3.09. The lowest BCUT2D eigenvalue weighted by Gasteiger charge is -2.27. The number of hydrogen-bond donors (Lipinski definition) is 0. The molecule has 0 spiro atoms. The molecule has 146 valence electrons. The minimum atomic E-state index is 0.175. The molecule has 6 heteroatoms. The lowest BCUT2D eigenvalue weighted by molar-refractivity contribution is -0.127. The van der Waals surface area contributed by atoms with Gasteiger partial charge in [-0.05, 0) is 38.2 Å². The molecule has 0 unspecified atom stereocenters. The summed E-state index contributed by atoms with van der Waals surface area (Å²) in [6.45, 7) is 5.84. The van der Waals surface area contributed by atoms with Gasteiger partial charge in [0, 0.05) is 25.7 Å². The number of hydrogen-bond acceptors (Lipinski definition) is 4. The molecular weight excluding hydrogens is 356 g/mol. The zero-order valence-corrected chi connectivity index (χ0v) is 17.5. The molecule has 0 radical (unpaired) electrons. The summed E-state index contributed by atoms with van der Waals surface area (Å²) in [6, 6.07) is 8.21. The van der Waals surface area contributed by atoms with E-state index < -0.39 is 0 Å². The third kappa shape index (κ3) is 4.92. The highest BCUT2D eigenvalue weighted by Gasteiger charge is 2.20. The molecule has 1 heterocycles. The number of nitrogens with zero attached hydrogens (tertiary/aromatic N) is 4.